The highest BCUT2D eigenvalue weighted by Crippen LogP contribution is 2.38. The maximum Gasteiger partial charge on any atom is 0.306 e. The molecule has 0 aliphatic carbocycles. The average molecular weight is 973 g/mol. The van der Waals surface area contributed by atoms with E-state index in [9.17, 15) is 19.0 Å². The number of ether oxygens (including phenoxy) is 1. The molecule has 1 amide bonds. The third-order valence-corrected chi connectivity index (χ3v) is 12.9. The second kappa shape index (κ2) is 48.1. The van der Waals surface area contributed by atoms with Crippen LogP contribution in [0.4, 0.5) is 0 Å². The van der Waals surface area contributed by atoms with Gasteiger partial charge in [0, 0.05) is 12.8 Å². The highest BCUT2D eigenvalue weighted by atomic mass is 31.2. The second-order valence-electron chi connectivity index (χ2n) is 19.7. The summed E-state index contributed by atoms with van der Waals surface area (Å²) in [5, 5.41) is 2.98. The van der Waals surface area contributed by atoms with E-state index in [1.165, 1.54) is 116 Å². The highest BCUT2D eigenvalue weighted by molar-refractivity contribution is 7.45. The van der Waals surface area contributed by atoms with Crippen LogP contribution in [0.15, 0.2) is 72.9 Å². The first-order chi connectivity index (χ1) is 32.9. The number of carbonyl (C=O) groups is 2. The van der Waals surface area contributed by atoms with Crippen LogP contribution in [-0.2, 0) is 27.9 Å². The van der Waals surface area contributed by atoms with Crippen LogP contribution in [0.25, 0.3) is 0 Å². The number of nitrogens with zero attached hydrogens (tertiary/aromatic N) is 1. The van der Waals surface area contributed by atoms with Crippen molar-refractivity contribution in [3.63, 3.8) is 0 Å². The Morgan fingerprint density at radius 1 is 0.529 bits per heavy atom. The molecule has 0 saturated carbocycles. The minimum absolute atomic E-state index is 0.0344. The molecule has 1 N–H and O–H groups in total. The van der Waals surface area contributed by atoms with E-state index in [-0.39, 0.29) is 31.3 Å². The standard InChI is InChI=1S/C58H105N2O7P/c1-7-10-13-16-19-22-25-27-29-30-31-32-35-38-41-44-47-50-57(61)59-55(54-66-68(63,64)65-53-52-60(4,5)6)56(49-46-43-40-37-34-24-21-18-15-12-9-3)67-58(62)51-48-45-42-39-36-33-28-26-23-20-17-14-11-8-2/h10,13,19,22,27,29,31-32,38,41,46,49,55-56H,7-9,11-12,14-18,20-21,23-26,28,30,33-37,39-40,42-45,47-48,50-54H2,1-6H3,(H-,59,61,63,64)/b13-10-,22-19-,29-27-,32-31-,41-38-,49-46+. The van der Waals surface area contributed by atoms with E-state index in [0.29, 0.717) is 17.4 Å². The minimum atomic E-state index is -4.71. The maximum atomic E-state index is 13.4. The molecule has 68 heavy (non-hydrogen) atoms. The molecule has 0 aromatic heterocycles. The van der Waals surface area contributed by atoms with Gasteiger partial charge in [-0.3, -0.25) is 14.2 Å². The number of esters is 1. The van der Waals surface area contributed by atoms with Crippen LogP contribution in [0.3, 0.4) is 0 Å². The summed E-state index contributed by atoms with van der Waals surface area (Å²) < 4.78 is 30.1. The molecule has 0 bridgehead atoms. The van der Waals surface area contributed by atoms with Crippen LogP contribution in [0, 0.1) is 0 Å². The van der Waals surface area contributed by atoms with Gasteiger partial charge in [0.15, 0.2) is 0 Å². The molecule has 0 aliphatic heterocycles. The van der Waals surface area contributed by atoms with E-state index in [0.717, 1.165) is 77.0 Å². The fraction of sp³-hybridized carbons (Fsp3) is 0.759. The van der Waals surface area contributed by atoms with Gasteiger partial charge in [0.2, 0.25) is 5.91 Å². The molecule has 9 nitrogen and oxygen atoms in total. The number of amides is 1. The monoisotopic (exact) mass is 973 g/mol. The van der Waals surface area contributed by atoms with Crippen LogP contribution in [0.1, 0.15) is 233 Å². The number of hydrogen-bond acceptors (Lipinski definition) is 7. The molecule has 10 heteroatoms. The van der Waals surface area contributed by atoms with Crippen molar-refractivity contribution in [1.82, 2.24) is 5.32 Å². The normalized spacial score (nSPS) is 14.4. The number of carbonyl (C=O) groups excluding carboxylic acids is 2. The summed E-state index contributed by atoms with van der Waals surface area (Å²) in [6.45, 7) is 6.67. The van der Waals surface area contributed by atoms with E-state index < -0.39 is 26.6 Å². The van der Waals surface area contributed by atoms with Crippen molar-refractivity contribution in [2.24, 2.45) is 0 Å². The fourth-order valence-corrected chi connectivity index (χ4v) is 8.34. The average Bonchev–Trinajstić information content (AvgIpc) is 3.29. The van der Waals surface area contributed by atoms with Crippen molar-refractivity contribution < 1.29 is 37.3 Å². The summed E-state index contributed by atoms with van der Waals surface area (Å²) in [5.74, 6) is -0.609. The molecule has 0 aromatic carbocycles. The lowest BCUT2D eigenvalue weighted by Gasteiger charge is -2.30. The molecular formula is C58H105N2O7P. The van der Waals surface area contributed by atoms with Crippen LogP contribution in [0.2, 0.25) is 0 Å². The zero-order chi connectivity index (χ0) is 50.1. The Hall–Kier alpha value is -2.55. The quantitative estimate of drug-likeness (QED) is 0.0212. The van der Waals surface area contributed by atoms with E-state index in [1.54, 1.807) is 0 Å². The van der Waals surface area contributed by atoms with Gasteiger partial charge in [-0.25, -0.2) is 0 Å². The van der Waals surface area contributed by atoms with Gasteiger partial charge in [-0.1, -0.05) is 222 Å². The highest BCUT2D eigenvalue weighted by Gasteiger charge is 2.27. The van der Waals surface area contributed by atoms with Crippen molar-refractivity contribution in [3.8, 4) is 0 Å². The predicted molar refractivity (Wildman–Crippen MR) is 288 cm³/mol. The molecule has 0 heterocycles. The van der Waals surface area contributed by atoms with Crippen LogP contribution >= 0.6 is 7.82 Å². The van der Waals surface area contributed by atoms with Gasteiger partial charge < -0.3 is 28.5 Å². The Kier molecular flexibility index (Phi) is 46.3. The lowest BCUT2D eigenvalue weighted by Crippen LogP contribution is -2.47. The van der Waals surface area contributed by atoms with Gasteiger partial charge in [0.05, 0.1) is 33.8 Å². The number of unbranched alkanes of at least 4 members (excludes halogenated alkanes) is 23. The van der Waals surface area contributed by atoms with E-state index in [2.05, 4.69) is 86.8 Å². The minimum Gasteiger partial charge on any atom is -0.756 e. The number of phosphoric acid groups is 1. The Morgan fingerprint density at radius 2 is 0.956 bits per heavy atom. The number of likely N-dealkylation sites (N-methyl/N-ethyl adjacent to an activating group) is 1. The summed E-state index contributed by atoms with van der Waals surface area (Å²) in [4.78, 5) is 39.7. The van der Waals surface area contributed by atoms with Crippen LogP contribution in [-0.4, -0.2) is 69.4 Å². The first-order valence-corrected chi connectivity index (χ1v) is 29.2. The molecule has 0 spiro atoms. The number of phosphoric ester groups is 1. The third kappa shape index (κ3) is 48.5. The van der Waals surface area contributed by atoms with E-state index in [4.69, 9.17) is 13.8 Å². The van der Waals surface area contributed by atoms with Crippen LogP contribution < -0.4 is 10.2 Å². The van der Waals surface area contributed by atoms with Crippen molar-refractivity contribution in [3.05, 3.63) is 72.9 Å². The zero-order valence-corrected chi connectivity index (χ0v) is 45.7. The number of quaternary nitrogens is 1. The van der Waals surface area contributed by atoms with Gasteiger partial charge in [0.1, 0.15) is 19.3 Å². The number of hydrogen-bond donors (Lipinski definition) is 1. The van der Waals surface area contributed by atoms with Gasteiger partial charge >= 0.3 is 5.97 Å². The molecular weight excluding hydrogens is 868 g/mol. The molecule has 3 unspecified atom stereocenters. The first-order valence-electron chi connectivity index (χ1n) is 27.7. The summed E-state index contributed by atoms with van der Waals surface area (Å²) >= 11 is 0. The maximum absolute atomic E-state index is 13.4. The van der Waals surface area contributed by atoms with Crippen molar-refractivity contribution in [2.45, 2.75) is 245 Å². The predicted octanol–water partition coefficient (Wildman–Crippen LogP) is 15.9. The molecule has 3 atom stereocenters. The van der Waals surface area contributed by atoms with Gasteiger partial charge in [0.25, 0.3) is 7.82 Å². The number of nitrogens with one attached hydrogen (secondary N) is 1. The molecule has 394 valence electrons. The second-order valence-corrected chi connectivity index (χ2v) is 21.1. The van der Waals surface area contributed by atoms with Gasteiger partial charge in [-0.2, -0.15) is 0 Å². The number of rotatable bonds is 49. The topological polar surface area (TPSA) is 114 Å². The smallest absolute Gasteiger partial charge is 0.306 e. The summed E-state index contributed by atoms with van der Waals surface area (Å²) in [6.07, 6.45) is 60.2. The van der Waals surface area contributed by atoms with Gasteiger partial charge in [-0.15, -0.1) is 0 Å². The molecule has 0 aromatic rings. The summed E-state index contributed by atoms with van der Waals surface area (Å²) in [5.41, 5.74) is 0. The van der Waals surface area contributed by atoms with Crippen LogP contribution in [0.5, 0.6) is 0 Å². The Bertz CT molecular complexity index is 1400. The van der Waals surface area contributed by atoms with Crippen molar-refractivity contribution in [1.29, 1.82) is 0 Å². The molecule has 0 saturated heterocycles. The first kappa shape index (κ1) is 65.5. The fourth-order valence-electron chi connectivity index (χ4n) is 7.62. The van der Waals surface area contributed by atoms with E-state index in [1.807, 2.05) is 33.3 Å². The largest absolute Gasteiger partial charge is 0.756 e. The molecule has 0 fully saturated rings. The number of allylic oxidation sites excluding steroid dienone is 11. The lowest BCUT2D eigenvalue weighted by molar-refractivity contribution is -0.870. The van der Waals surface area contributed by atoms with Gasteiger partial charge in [-0.05, 0) is 70.3 Å². The Labute approximate surface area is 419 Å². The summed E-state index contributed by atoms with van der Waals surface area (Å²) in [6, 6.07) is -0.917. The van der Waals surface area contributed by atoms with Crippen molar-refractivity contribution in [2.75, 3.05) is 40.9 Å². The SMILES string of the molecule is CC/C=C\C/C=C\C/C=C\C/C=C\C/C=C\CCCC(=O)NC(COP(=O)([O-])OCC[N+](C)(C)C)C(/C=C/CCCCCCCCCCC)OC(=O)CCCCCCCCCCCCCCCC. The third-order valence-electron chi connectivity index (χ3n) is 11.9. The lowest BCUT2D eigenvalue weighted by atomic mass is 10.0. The summed E-state index contributed by atoms with van der Waals surface area (Å²) in [7, 11) is 1.14. The van der Waals surface area contributed by atoms with E-state index >= 15 is 0 Å². The Balaban J connectivity index is 5.44. The zero-order valence-electron chi connectivity index (χ0n) is 44.8. The molecule has 0 radical (unpaired) electrons. The molecule has 0 aliphatic rings. The van der Waals surface area contributed by atoms with Crippen molar-refractivity contribution >= 4 is 19.7 Å². The Morgan fingerprint density at radius 3 is 1.43 bits per heavy atom. The molecule has 0 rings (SSSR count).